The number of amides is 1. The van der Waals surface area contributed by atoms with Crippen LogP contribution in [0.2, 0.25) is 0 Å². The lowest BCUT2D eigenvalue weighted by Gasteiger charge is -2.32. The number of pyridine rings is 3. The molecule has 4 rings (SSSR count). The number of nitrogens with zero attached hydrogens (tertiary/aromatic N) is 5. The molecule has 35 heavy (non-hydrogen) atoms. The predicted octanol–water partition coefficient (Wildman–Crippen LogP) is 2.70. The van der Waals surface area contributed by atoms with Crippen molar-refractivity contribution >= 4 is 28.6 Å². The fourth-order valence-electron chi connectivity index (χ4n) is 3.99. The van der Waals surface area contributed by atoms with E-state index >= 15 is 0 Å². The summed E-state index contributed by atoms with van der Waals surface area (Å²) in [7, 11) is 0. The van der Waals surface area contributed by atoms with Crippen molar-refractivity contribution in [2.24, 2.45) is 5.92 Å². The van der Waals surface area contributed by atoms with E-state index in [-0.39, 0.29) is 41.7 Å². The average Bonchev–Trinajstić information content (AvgIpc) is 2.87. The van der Waals surface area contributed by atoms with Crippen LogP contribution in [0.4, 0.5) is 5.82 Å². The number of hydrogen-bond acceptors (Lipinski definition) is 9. The molecule has 0 spiro atoms. The molecule has 2 N–H and O–H groups in total. The Hall–Kier alpha value is -4.26. The lowest BCUT2D eigenvalue weighted by molar-refractivity contribution is -0.152. The lowest BCUT2D eigenvalue weighted by Crippen LogP contribution is -2.40. The summed E-state index contributed by atoms with van der Waals surface area (Å²) >= 11 is 0. The first-order chi connectivity index (χ1) is 16.9. The van der Waals surface area contributed by atoms with E-state index in [0.717, 1.165) is 19.4 Å². The third-order valence-electron chi connectivity index (χ3n) is 5.74. The Morgan fingerprint density at radius 3 is 2.80 bits per heavy atom. The van der Waals surface area contributed by atoms with E-state index in [4.69, 9.17) is 10.00 Å². The number of carbonyl (C=O) groups excluding carboxylic acids is 2. The molecule has 1 aliphatic rings. The Kier molecular flexibility index (Phi) is 7.06. The molecule has 0 radical (unpaired) electrons. The molecule has 0 bridgehead atoms. The minimum atomic E-state index is -0.541. The number of anilines is 1. The molecule has 180 valence electrons. The molecule has 0 aliphatic carbocycles. The number of nitriles is 1. The predicted molar refractivity (Wildman–Crippen MR) is 127 cm³/mol. The lowest BCUT2D eigenvalue weighted by atomic mass is 9.98. The highest BCUT2D eigenvalue weighted by atomic mass is 16.5. The number of fused-ring (bicyclic) bond motifs is 1. The summed E-state index contributed by atoms with van der Waals surface area (Å²) < 4.78 is 5.37. The summed E-state index contributed by atoms with van der Waals surface area (Å²) in [6.45, 7) is 5.11. The highest BCUT2D eigenvalue weighted by Gasteiger charge is 2.28. The van der Waals surface area contributed by atoms with Crippen molar-refractivity contribution in [1.29, 1.82) is 5.26 Å². The third kappa shape index (κ3) is 5.46. The highest BCUT2D eigenvalue weighted by molar-refractivity contribution is 6.00. The maximum atomic E-state index is 12.6. The van der Waals surface area contributed by atoms with Crippen LogP contribution < -0.4 is 10.2 Å². The van der Waals surface area contributed by atoms with Crippen LogP contribution in [0.1, 0.15) is 48.4 Å². The second kappa shape index (κ2) is 10.3. The number of ether oxygens (including phenoxy) is 1. The molecule has 1 amide bonds. The summed E-state index contributed by atoms with van der Waals surface area (Å²) in [4.78, 5) is 39.7. The first-order valence-electron chi connectivity index (χ1n) is 11.4. The van der Waals surface area contributed by atoms with Gasteiger partial charge in [0, 0.05) is 31.2 Å². The molecule has 0 unspecified atom stereocenters. The van der Waals surface area contributed by atoms with Gasteiger partial charge in [-0.05, 0) is 50.5 Å². The van der Waals surface area contributed by atoms with Crippen molar-refractivity contribution in [2.45, 2.75) is 39.3 Å². The van der Waals surface area contributed by atoms with Gasteiger partial charge >= 0.3 is 5.97 Å². The van der Waals surface area contributed by atoms with Gasteiger partial charge in [-0.15, -0.1) is 0 Å². The molecule has 4 heterocycles. The van der Waals surface area contributed by atoms with Gasteiger partial charge in [-0.3, -0.25) is 9.59 Å². The normalized spacial score (nSPS) is 15.6. The maximum Gasteiger partial charge on any atom is 0.310 e. The number of rotatable bonds is 6. The highest BCUT2D eigenvalue weighted by Crippen LogP contribution is 2.30. The van der Waals surface area contributed by atoms with Crippen molar-refractivity contribution in [3.8, 4) is 11.8 Å². The molecule has 1 aliphatic heterocycles. The van der Waals surface area contributed by atoms with Gasteiger partial charge in [-0.1, -0.05) is 6.07 Å². The number of esters is 1. The van der Waals surface area contributed by atoms with E-state index in [1.165, 1.54) is 12.4 Å². The van der Waals surface area contributed by atoms with Crippen LogP contribution in [0.3, 0.4) is 0 Å². The largest absolute Gasteiger partial charge is 0.505 e. The summed E-state index contributed by atoms with van der Waals surface area (Å²) in [5, 5.41) is 22.6. The van der Waals surface area contributed by atoms with Gasteiger partial charge in [-0.2, -0.15) is 5.26 Å². The van der Waals surface area contributed by atoms with Crippen LogP contribution in [0.15, 0.2) is 36.7 Å². The Morgan fingerprint density at radius 1 is 1.26 bits per heavy atom. The molecule has 1 atom stereocenters. The van der Waals surface area contributed by atoms with Crippen molar-refractivity contribution in [1.82, 2.24) is 20.3 Å². The molecule has 3 aromatic rings. The van der Waals surface area contributed by atoms with Gasteiger partial charge in [0.05, 0.1) is 23.7 Å². The molecule has 10 nitrogen and oxygen atoms in total. The molecule has 3 aromatic heterocycles. The van der Waals surface area contributed by atoms with Crippen molar-refractivity contribution < 1.29 is 19.4 Å². The van der Waals surface area contributed by atoms with Gasteiger partial charge < -0.3 is 20.1 Å². The van der Waals surface area contributed by atoms with Gasteiger partial charge in [0.15, 0.2) is 11.4 Å². The molecule has 10 heteroatoms. The first kappa shape index (κ1) is 23.9. The molecule has 0 aromatic carbocycles. The van der Waals surface area contributed by atoms with Crippen LogP contribution >= 0.6 is 0 Å². The Labute approximate surface area is 202 Å². The quantitative estimate of drug-likeness (QED) is 0.516. The van der Waals surface area contributed by atoms with Gasteiger partial charge in [0.1, 0.15) is 17.6 Å². The molecule has 0 saturated carbocycles. The van der Waals surface area contributed by atoms with Crippen LogP contribution in [0, 0.1) is 17.2 Å². The van der Waals surface area contributed by atoms with E-state index in [1.54, 1.807) is 24.3 Å². The Bertz CT molecular complexity index is 1290. The third-order valence-corrected chi connectivity index (χ3v) is 5.74. The number of piperidine rings is 1. The molecule has 1 saturated heterocycles. The van der Waals surface area contributed by atoms with Crippen LogP contribution in [0.5, 0.6) is 5.75 Å². The van der Waals surface area contributed by atoms with E-state index in [9.17, 15) is 14.7 Å². The van der Waals surface area contributed by atoms with Crippen molar-refractivity contribution in [3.05, 3.63) is 53.6 Å². The zero-order valence-corrected chi connectivity index (χ0v) is 19.6. The Morgan fingerprint density at radius 2 is 2.09 bits per heavy atom. The van der Waals surface area contributed by atoms with Crippen LogP contribution in [-0.2, 0) is 16.1 Å². The number of hydrogen-bond donors (Lipinski definition) is 2. The van der Waals surface area contributed by atoms with Crippen LogP contribution in [-0.4, -0.2) is 51.1 Å². The second-order valence-corrected chi connectivity index (χ2v) is 8.67. The summed E-state index contributed by atoms with van der Waals surface area (Å²) in [6, 6.07) is 8.66. The van der Waals surface area contributed by atoms with Gasteiger partial charge in [0.25, 0.3) is 5.91 Å². The first-order valence-corrected chi connectivity index (χ1v) is 11.4. The minimum Gasteiger partial charge on any atom is -0.505 e. The topological polar surface area (TPSA) is 141 Å². The average molecular weight is 475 g/mol. The molecular weight excluding hydrogens is 448 g/mol. The molecular formula is C25H26N6O4. The monoisotopic (exact) mass is 474 g/mol. The van der Waals surface area contributed by atoms with E-state index in [2.05, 4.69) is 20.3 Å². The number of aromatic nitrogens is 3. The Balaban J connectivity index is 1.47. The number of nitrogens with one attached hydrogen (secondary N) is 1. The van der Waals surface area contributed by atoms with E-state index in [0.29, 0.717) is 28.8 Å². The fraction of sp³-hybridized carbons (Fsp3) is 0.360. The van der Waals surface area contributed by atoms with Gasteiger partial charge in [-0.25, -0.2) is 15.0 Å². The van der Waals surface area contributed by atoms with Crippen molar-refractivity contribution in [3.63, 3.8) is 0 Å². The van der Waals surface area contributed by atoms with Gasteiger partial charge in [0.2, 0.25) is 0 Å². The summed E-state index contributed by atoms with van der Waals surface area (Å²) in [6.07, 6.45) is 4.42. The number of carbonyl (C=O) groups is 2. The minimum absolute atomic E-state index is 0.108. The fourth-order valence-corrected chi connectivity index (χ4v) is 3.99. The van der Waals surface area contributed by atoms with E-state index < -0.39 is 5.91 Å². The SMILES string of the molecule is CC(C)OC(=O)[C@@H]1CCCN(c2ccc3c(O)c(C(=O)NCc4ccc(C#N)nc4)ncc3n2)C1. The summed E-state index contributed by atoms with van der Waals surface area (Å²) in [5.41, 5.74) is 1.33. The standard InChI is InChI=1S/C25H26N6O4/c1-15(2)35-25(34)17-4-3-9-31(14-17)21-8-7-19-20(30-21)13-28-22(23(19)32)24(33)29-12-16-5-6-18(10-26)27-11-16/h5-8,11,13,15,17,32H,3-4,9,12,14H2,1-2H3,(H,29,33)/t17-/m1/s1. The second-order valence-electron chi connectivity index (χ2n) is 8.67. The maximum absolute atomic E-state index is 12.6. The smallest absolute Gasteiger partial charge is 0.310 e. The van der Waals surface area contributed by atoms with Crippen LogP contribution in [0.25, 0.3) is 10.9 Å². The molecule has 1 fully saturated rings. The zero-order valence-electron chi connectivity index (χ0n) is 19.6. The zero-order chi connectivity index (χ0) is 24.9. The number of aromatic hydroxyl groups is 1. The summed E-state index contributed by atoms with van der Waals surface area (Å²) in [5.74, 6) is -0.537. The van der Waals surface area contributed by atoms with Crippen molar-refractivity contribution in [2.75, 3.05) is 18.0 Å². The van der Waals surface area contributed by atoms with E-state index in [1.807, 2.05) is 24.8 Å².